The molecule has 33 heavy (non-hydrogen) atoms. The van der Waals surface area contributed by atoms with Crippen LogP contribution in [0.4, 0.5) is 0 Å². The van der Waals surface area contributed by atoms with E-state index in [2.05, 4.69) is 82.3 Å². The van der Waals surface area contributed by atoms with E-state index in [1.54, 1.807) is 0 Å². The minimum Gasteiger partial charge on any atom is -0.464 e. The Morgan fingerprint density at radius 1 is 0.727 bits per heavy atom. The number of nitrogens with zero attached hydrogens (tertiary/aromatic N) is 3. The first kappa shape index (κ1) is 21.1. The van der Waals surface area contributed by atoms with Gasteiger partial charge < -0.3 is 8.98 Å². The Bertz CT molecular complexity index is 1460. The molecule has 0 N–H and O–H groups in total. The van der Waals surface area contributed by atoms with Gasteiger partial charge in [0.05, 0.1) is 17.1 Å². The molecule has 0 aliphatic carbocycles. The van der Waals surface area contributed by atoms with E-state index in [4.69, 9.17) is 9.40 Å². The van der Waals surface area contributed by atoms with Gasteiger partial charge in [-0.05, 0) is 11.1 Å². The van der Waals surface area contributed by atoms with Crippen molar-refractivity contribution in [2.24, 2.45) is 0 Å². The Morgan fingerprint density at radius 2 is 1.39 bits per heavy atom. The molecule has 0 amide bonds. The molecule has 0 unspecified atom stereocenters. The molecule has 0 bridgehead atoms. The smallest absolute Gasteiger partial charge is 0.170 e. The molecule has 6 rings (SSSR count). The summed E-state index contributed by atoms with van der Waals surface area (Å²) in [4.78, 5) is 9.13. The van der Waals surface area contributed by atoms with Crippen molar-refractivity contribution in [1.82, 2.24) is 14.5 Å². The fraction of sp³-hybridized carbons (Fsp3) is 0. The van der Waals surface area contributed by atoms with Crippen molar-refractivity contribution in [1.29, 1.82) is 0 Å². The number of para-hydroxylation sites is 1. The molecule has 1 radical (unpaired) electrons. The molecule has 6 aromatic rings. The van der Waals surface area contributed by atoms with Crippen LogP contribution in [0.2, 0.25) is 0 Å². The maximum absolute atomic E-state index is 5.52. The second-order valence-electron chi connectivity index (χ2n) is 7.47. The molecule has 2 heterocycles. The maximum Gasteiger partial charge on any atom is 0.170 e. The van der Waals surface area contributed by atoms with E-state index >= 15 is 0 Å². The van der Waals surface area contributed by atoms with Crippen molar-refractivity contribution in [3.63, 3.8) is 0 Å². The Balaban J connectivity index is 0.00000228. The fourth-order valence-corrected chi connectivity index (χ4v) is 4.17. The third-order valence-corrected chi connectivity index (χ3v) is 5.60. The van der Waals surface area contributed by atoms with Gasteiger partial charge in [-0.25, -0.2) is 0 Å². The van der Waals surface area contributed by atoms with Crippen LogP contribution in [0.3, 0.4) is 0 Å². The van der Waals surface area contributed by atoms with Crippen LogP contribution in [0.15, 0.2) is 114 Å². The van der Waals surface area contributed by atoms with Gasteiger partial charge in [-0.1, -0.05) is 90.5 Å². The number of oxazole rings is 1. The van der Waals surface area contributed by atoms with Crippen LogP contribution in [0.1, 0.15) is 0 Å². The topological polar surface area (TPSA) is 43.9 Å². The monoisotopic (exact) mass is 605 g/mol. The number of benzene rings is 4. The molecule has 4 nitrogen and oxygen atoms in total. The summed E-state index contributed by atoms with van der Waals surface area (Å²) in [6.45, 7) is 0. The van der Waals surface area contributed by atoms with E-state index in [9.17, 15) is 0 Å². The standard InChI is InChI=1S/C28H18N3O.Ir/c1-3-9-20(10-4-1)22-13-7-14-23(21-11-5-2-6-12-21)27(22)31-18-17-29-28(31)24-15-8-16-25-26(24)30-19-32-25;/h1-14,16-19H;/q-1;. The molecule has 0 aliphatic rings. The number of imidazole rings is 1. The van der Waals surface area contributed by atoms with Gasteiger partial charge in [0.1, 0.15) is 0 Å². The summed E-state index contributed by atoms with van der Waals surface area (Å²) in [6.07, 6.45) is 5.28. The maximum atomic E-state index is 5.52. The zero-order chi connectivity index (χ0) is 21.3. The van der Waals surface area contributed by atoms with Crippen LogP contribution < -0.4 is 0 Å². The van der Waals surface area contributed by atoms with Crippen LogP contribution in [0.25, 0.3) is 50.4 Å². The third-order valence-electron chi connectivity index (χ3n) is 5.60. The first-order valence-electron chi connectivity index (χ1n) is 10.4. The molecule has 0 saturated heterocycles. The molecule has 0 spiro atoms. The van der Waals surface area contributed by atoms with Gasteiger partial charge in [0, 0.05) is 49.1 Å². The Morgan fingerprint density at radius 3 is 2.06 bits per heavy atom. The Labute approximate surface area is 204 Å². The summed E-state index contributed by atoms with van der Waals surface area (Å²) in [5.41, 5.74) is 7.87. The van der Waals surface area contributed by atoms with Crippen molar-refractivity contribution in [2.75, 3.05) is 0 Å². The summed E-state index contributed by atoms with van der Waals surface area (Å²) >= 11 is 0. The van der Waals surface area contributed by atoms with Crippen molar-refractivity contribution in [3.05, 3.63) is 116 Å². The van der Waals surface area contributed by atoms with Gasteiger partial charge in [-0.3, -0.25) is 9.97 Å². The zero-order valence-corrected chi connectivity index (χ0v) is 19.9. The second kappa shape index (κ2) is 8.99. The van der Waals surface area contributed by atoms with Crippen molar-refractivity contribution in [3.8, 4) is 39.3 Å². The predicted octanol–water partition coefficient (Wildman–Crippen LogP) is 6.81. The molecule has 2 aromatic heterocycles. The SMILES string of the molecule is [Ir].[c-]1ccc2ocnc2c1-c1nccn1-c1c(-c2ccccc2)cccc1-c1ccccc1. The van der Waals surface area contributed by atoms with Crippen LogP contribution in [0.5, 0.6) is 0 Å². The Hall–Kier alpha value is -3.79. The third kappa shape index (κ3) is 3.72. The fourth-order valence-electron chi connectivity index (χ4n) is 4.17. The molecule has 4 aromatic carbocycles. The largest absolute Gasteiger partial charge is 0.464 e. The van der Waals surface area contributed by atoms with E-state index in [0.717, 1.165) is 44.8 Å². The minimum absolute atomic E-state index is 0. The summed E-state index contributed by atoms with van der Waals surface area (Å²) in [5, 5.41) is 0. The Kier molecular flexibility index (Phi) is 5.74. The first-order valence-corrected chi connectivity index (χ1v) is 10.4. The van der Waals surface area contributed by atoms with E-state index in [1.807, 2.05) is 36.7 Å². The van der Waals surface area contributed by atoms with Crippen LogP contribution in [-0.4, -0.2) is 14.5 Å². The number of aromatic nitrogens is 3. The summed E-state index contributed by atoms with van der Waals surface area (Å²) in [6, 6.07) is 34.3. The van der Waals surface area contributed by atoms with E-state index in [0.29, 0.717) is 5.58 Å². The number of hydrogen-bond donors (Lipinski definition) is 0. The van der Waals surface area contributed by atoms with Gasteiger partial charge >= 0.3 is 0 Å². The molecular formula is C28H18IrN3O-. The number of hydrogen-bond acceptors (Lipinski definition) is 3. The van der Waals surface area contributed by atoms with E-state index in [1.165, 1.54) is 6.39 Å². The van der Waals surface area contributed by atoms with E-state index in [-0.39, 0.29) is 20.1 Å². The summed E-state index contributed by atoms with van der Waals surface area (Å²) in [5.74, 6) is 0.769. The number of fused-ring (bicyclic) bond motifs is 1. The van der Waals surface area contributed by atoms with Crippen LogP contribution >= 0.6 is 0 Å². The zero-order valence-electron chi connectivity index (χ0n) is 17.5. The molecule has 0 fully saturated rings. The molecule has 0 saturated carbocycles. The molecule has 0 atom stereocenters. The van der Waals surface area contributed by atoms with Gasteiger partial charge in [-0.2, -0.15) is 0 Å². The molecule has 161 valence electrons. The normalized spacial score (nSPS) is 10.8. The molecular weight excluding hydrogens is 587 g/mol. The van der Waals surface area contributed by atoms with Crippen molar-refractivity contribution < 1.29 is 24.5 Å². The van der Waals surface area contributed by atoms with Crippen LogP contribution in [0, 0.1) is 6.07 Å². The van der Waals surface area contributed by atoms with E-state index < -0.39 is 0 Å². The quantitative estimate of drug-likeness (QED) is 0.208. The predicted molar refractivity (Wildman–Crippen MR) is 126 cm³/mol. The van der Waals surface area contributed by atoms with Gasteiger partial charge in [-0.15, -0.1) is 12.1 Å². The first-order chi connectivity index (χ1) is 15.9. The molecule has 5 heteroatoms. The average Bonchev–Trinajstić information content (AvgIpc) is 3.54. The van der Waals surface area contributed by atoms with Gasteiger partial charge in [0.25, 0.3) is 0 Å². The van der Waals surface area contributed by atoms with Gasteiger partial charge in [0.15, 0.2) is 6.39 Å². The van der Waals surface area contributed by atoms with Gasteiger partial charge in [0.2, 0.25) is 0 Å². The van der Waals surface area contributed by atoms with Crippen LogP contribution in [-0.2, 0) is 20.1 Å². The second-order valence-corrected chi connectivity index (χ2v) is 7.47. The molecule has 0 aliphatic heterocycles. The average molecular weight is 605 g/mol. The minimum atomic E-state index is 0. The summed E-state index contributed by atoms with van der Waals surface area (Å²) in [7, 11) is 0. The van der Waals surface area contributed by atoms with Crippen molar-refractivity contribution >= 4 is 11.1 Å². The summed E-state index contributed by atoms with van der Waals surface area (Å²) < 4.78 is 7.65. The van der Waals surface area contributed by atoms with Crippen molar-refractivity contribution in [2.45, 2.75) is 0 Å². The number of rotatable bonds is 4.